The van der Waals surface area contributed by atoms with Gasteiger partial charge in [0, 0.05) is 0 Å². The Hall–Kier alpha value is -0.940. The molecule has 5 heteroatoms. The molecule has 1 atom stereocenters. The van der Waals surface area contributed by atoms with Crippen molar-refractivity contribution in [3.63, 3.8) is 0 Å². The lowest BCUT2D eigenvalue weighted by atomic mass is 10.0. The molecule has 0 radical (unpaired) electrons. The Morgan fingerprint density at radius 3 is 2.59 bits per heavy atom. The third kappa shape index (κ3) is 3.26. The lowest BCUT2D eigenvalue weighted by molar-refractivity contribution is 0.0700. The molecule has 0 bridgehead atoms. The summed E-state index contributed by atoms with van der Waals surface area (Å²) in [5.74, 6) is -0.523. The van der Waals surface area contributed by atoms with E-state index in [1.165, 1.54) is 11.3 Å². The molecule has 1 heterocycles. The number of nitrogens with zero attached hydrogens (tertiary/aromatic N) is 1. The highest BCUT2D eigenvalue weighted by Gasteiger charge is 2.27. The zero-order chi connectivity index (χ0) is 13.2. The predicted molar refractivity (Wildman–Crippen MR) is 69.4 cm³/mol. The fourth-order valence-electron chi connectivity index (χ4n) is 1.44. The molecule has 1 rings (SSSR count). The maximum atomic E-state index is 11.2. The van der Waals surface area contributed by atoms with Crippen LogP contribution in [0.5, 0.6) is 0 Å². The van der Waals surface area contributed by atoms with Crippen molar-refractivity contribution < 1.29 is 9.90 Å². The summed E-state index contributed by atoms with van der Waals surface area (Å²) in [6, 6.07) is 0. The molecule has 0 fully saturated rings. The van der Waals surface area contributed by atoms with Crippen LogP contribution < -0.4 is 5.73 Å². The lowest BCUT2D eigenvalue weighted by Crippen LogP contribution is -2.31. The Labute approximate surface area is 106 Å². The van der Waals surface area contributed by atoms with Crippen LogP contribution in [0.4, 0.5) is 0 Å². The second-order valence-electron chi connectivity index (χ2n) is 4.97. The zero-order valence-corrected chi connectivity index (χ0v) is 11.6. The van der Waals surface area contributed by atoms with Gasteiger partial charge in [-0.15, -0.1) is 11.3 Å². The van der Waals surface area contributed by atoms with Crippen LogP contribution in [0.2, 0.25) is 0 Å². The van der Waals surface area contributed by atoms with Gasteiger partial charge in [-0.25, -0.2) is 9.78 Å². The minimum Gasteiger partial charge on any atom is -0.477 e. The number of hydrogen-bond acceptors (Lipinski definition) is 4. The van der Waals surface area contributed by atoms with Crippen molar-refractivity contribution in [1.82, 2.24) is 4.98 Å². The first-order valence-electron chi connectivity index (χ1n) is 5.80. The molecule has 0 aliphatic heterocycles. The summed E-state index contributed by atoms with van der Waals surface area (Å²) in [6.07, 6.45) is 1.42. The average molecular weight is 256 g/mol. The van der Waals surface area contributed by atoms with Gasteiger partial charge in [0.15, 0.2) is 0 Å². The van der Waals surface area contributed by atoms with E-state index in [1.807, 2.05) is 27.7 Å². The molecule has 0 amide bonds. The summed E-state index contributed by atoms with van der Waals surface area (Å²) in [6.45, 7) is 7.96. The van der Waals surface area contributed by atoms with E-state index in [-0.39, 0.29) is 0 Å². The molecule has 0 aliphatic carbocycles. The number of carboxylic acid groups (broad SMARTS) is 1. The molecule has 0 saturated carbocycles. The zero-order valence-electron chi connectivity index (χ0n) is 10.8. The van der Waals surface area contributed by atoms with Crippen LogP contribution in [0.3, 0.4) is 0 Å². The van der Waals surface area contributed by atoms with Crippen molar-refractivity contribution in [2.24, 2.45) is 11.7 Å². The first kappa shape index (κ1) is 14.1. The van der Waals surface area contributed by atoms with Crippen LogP contribution in [0.1, 0.15) is 54.5 Å². The first-order chi connectivity index (χ1) is 7.77. The number of thiazole rings is 1. The molecule has 96 valence electrons. The number of carbonyl (C=O) groups is 1. The van der Waals surface area contributed by atoms with E-state index in [4.69, 9.17) is 10.8 Å². The fraction of sp³-hybridized carbons (Fsp3) is 0.667. The van der Waals surface area contributed by atoms with Gasteiger partial charge in [-0.05, 0) is 25.7 Å². The third-order valence-electron chi connectivity index (χ3n) is 2.72. The number of carboxylic acids is 1. The molecule has 0 saturated heterocycles. The van der Waals surface area contributed by atoms with Gasteiger partial charge in [0.05, 0.1) is 11.2 Å². The molecule has 0 aromatic carbocycles. The van der Waals surface area contributed by atoms with Crippen LogP contribution in [0.25, 0.3) is 0 Å². The Kier molecular flexibility index (Phi) is 4.27. The van der Waals surface area contributed by atoms with E-state index >= 15 is 0 Å². The van der Waals surface area contributed by atoms with E-state index in [9.17, 15) is 4.79 Å². The molecular weight excluding hydrogens is 236 g/mol. The minimum atomic E-state index is -0.906. The van der Waals surface area contributed by atoms with Gasteiger partial charge in [0.2, 0.25) is 0 Å². The smallest absolute Gasteiger partial charge is 0.347 e. The van der Waals surface area contributed by atoms with Gasteiger partial charge in [0.1, 0.15) is 9.88 Å². The van der Waals surface area contributed by atoms with Gasteiger partial charge in [0.25, 0.3) is 0 Å². The number of hydrogen-bond donors (Lipinski definition) is 2. The molecule has 1 aromatic rings. The quantitative estimate of drug-likeness (QED) is 0.849. The van der Waals surface area contributed by atoms with Crippen LogP contribution >= 0.6 is 11.3 Å². The highest BCUT2D eigenvalue weighted by molar-refractivity contribution is 7.13. The highest BCUT2D eigenvalue weighted by atomic mass is 32.1. The van der Waals surface area contributed by atoms with E-state index < -0.39 is 11.5 Å². The van der Waals surface area contributed by atoms with Crippen molar-refractivity contribution in [2.45, 2.75) is 46.1 Å². The van der Waals surface area contributed by atoms with Crippen molar-refractivity contribution in [3.05, 3.63) is 15.6 Å². The van der Waals surface area contributed by atoms with Crippen LogP contribution in [-0.4, -0.2) is 16.1 Å². The van der Waals surface area contributed by atoms with Gasteiger partial charge < -0.3 is 10.8 Å². The number of aromatic carboxylic acids is 1. The van der Waals surface area contributed by atoms with Gasteiger partial charge in [-0.1, -0.05) is 20.8 Å². The van der Waals surface area contributed by atoms with E-state index in [2.05, 4.69) is 4.98 Å². The first-order valence-corrected chi connectivity index (χ1v) is 6.62. The Morgan fingerprint density at radius 1 is 1.59 bits per heavy atom. The predicted octanol–water partition coefficient (Wildman–Crippen LogP) is 2.62. The Morgan fingerprint density at radius 2 is 2.18 bits per heavy atom. The van der Waals surface area contributed by atoms with Crippen molar-refractivity contribution in [3.8, 4) is 0 Å². The number of aromatic nitrogens is 1. The van der Waals surface area contributed by atoms with Gasteiger partial charge in [-0.2, -0.15) is 0 Å². The van der Waals surface area contributed by atoms with Gasteiger partial charge in [-0.3, -0.25) is 0 Å². The third-order valence-corrected chi connectivity index (χ3v) is 4.08. The topological polar surface area (TPSA) is 76.2 Å². The summed E-state index contributed by atoms with van der Waals surface area (Å²) < 4.78 is 0. The fourth-order valence-corrected chi connectivity index (χ4v) is 2.50. The second kappa shape index (κ2) is 5.14. The summed E-state index contributed by atoms with van der Waals surface area (Å²) in [7, 11) is 0. The molecule has 3 N–H and O–H groups in total. The molecular formula is C12H20N2O2S. The molecule has 4 nitrogen and oxygen atoms in total. The maximum absolute atomic E-state index is 11.2. The number of rotatable bonds is 5. The Bertz CT molecular complexity index is 411. The summed E-state index contributed by atoms with van der Waals surface area (Å²) in [4.78, 5) is 15.9. The number of nitrogens with two attached hydrogens (primary N) is 1. The van der Waals surface area contributed by atoms with Crippen molar-refractivity contribution in [1.29, 1.82) is 0 Å². The SMILES string of the molecule is CCC(C)(N)c1nc(CC(C)C)c(C(=O)O)s1. The van der Waals surface area contributed by atoms with Gasteiger partial charge >= 0.3 is 5.97 Å². The van der Waals surface area contributed by atoms with Crippen LogP contribution in [-0.2, 0) is 12.0 Å². The molecule has 17 heavy (non-hydrogen) atoms. The maximum Gasteiger partial charge on any atom is 0.347 e. The average Bonchev–Trinajstić information content (AvgIpc) is 2.61. The molecule has 1 unspecified atom stereocenters. The highest BCUT2D eigenvalue weighted by Crippen LogP contribution is 2.29. The summed E-state index contributed by atoms with van der Waals surface area (Å²) in [5, 5.41) is 9.88. The van der Waals surface area contributed by atoms with Crippen LogP contribution in [0.15, 0.2) is 0 Å². The Balaban J connectivity index is 3.17. The summed E-state index contributed by atoms with van der Waals surface area (Å²) >= 11 is 1.21. The van der Waals surface area contributed by atoms with Crippen LogP contribution in [0, 0.1) is 5.92 Å². The monoisotopic (exact) mass is 256 g/mol. The normalized spacial score (nSPS) is 14.9. The van der Waals surface area contributed by atoms with E-state index in [0.29, 0.717) is 27.9 Å². The lowest BCUT2D eigenvalue weighted by Gasteiger charge is -2.18. The molecule has 0 aliphatic rings. The van der Waals surface area contributed by atoms with E-state index in [1.54, 1.807) is 0 Å². The van der Waals surface area contributed by atoms with Crippen molar-refractivity contribution in [2.75, 3.05) is 0 Å². The standard InChI is InChI=1S/C12H20N2O2S/c1-5-12(4,13)11-14-8(6-7(2)3)9(17-11)10(15)16/h7H,5-6,13H2,1-4H3,(H,15,16). The molecule has 1 aromatic heterocycles. The summed E-state index contributed by atoms with van der Waals surface area (Å²) in [5.41, 5.74) is 6.23. The van der Waals surface area contributed by atoms with E-state index in [0.717, 1.165) is 6.42 Å². The minimum absolute atomic E-state index is 0.332. The largest absolute Gasteiger partial charge is 0.477 e. The van der Waals surface area contributed by atoms with Crippen molar-refractivity contribution >= 4 is 17.3 Å². The molecule has 0 spiro atoms. The second-order valence-corrected chi connectivity index (χ2v) is 5.97.